The zero-order chi connectivity index (χ0) is 22.3. The number of para-hydroxylation sites is 1. The van der Waals surface area contributed by atoms with Gasteiger partial charge in [0.25, 0.3) is 0 Å². The van der Waals surface area contributed by atoms with E-state index in [0.29, 0.717) is 23.0 Å². The van der Waals surface area contributed by atoms with Crippen LogP contribution in [0.2, 0.25) is 0 Å². The summed E-state index contributed by atoms with van der Waals surface area (Å²) in [7, 11) is -3.98. The van der Waals surface area contributed by atoms with Crippen LogP contribution in [0.3, 0.4) is 0 Å². The maximum Gasteiger partial charge on any atom is 0.339 e. The average Bonchev–Trinajstić information content (AvgIpc) is 3.16. The number of esters is 1. The SMILES string of the molecule is CCOC(=O)Cc1csc(NN=Cc2ccccc2OS(=O)(=O)c2ccc(C)cc2)n1. The lowest BCUT2D eigenvalue weighted by Gasteiger charge is -2.09. The van der Waals surface area contributed by atoms with Crippen molar-refractivity contribution in [2.75, 3.05) is 12.0 Å². The number of hydrazone groups is 1. The Kier molecular flexibility index (Phi) is 7.37. The number of anilines is 1. The summed E-state index contributed by atoms with van der Waals surface area (Å²) in [5, 5.41) is 6.32. The molecule has 3 rings (SSSR count). The van der Waals surface area contributed by atoms with Gasteiger partial charge in [0.15, 0.2) is 5.75 Å². The molecule has 1 N–H and O–H groups in total. The Hall–Kier alpha value is -3.24. The van der Waals surface area contributed by atoms with Crippen LogP contribution >= 0.6 is 11.3 Å². The number of hydrogen-bond acceptors (Lipinski definition) is 9. The van der Waals surface area contributed by atoms with Crippen LogP contribution in [0.5, 0.6) is 5.75 Å². The molecule has 0 aliphatic carbocycles. The molecule has 0 aliphatic heterocycles. The summed E-state index contributed by atoms with van der Waals surface area (Å²) in [4.78, 5) is 15.8. The van der Waals surface area contributed by atoms with Gasteiger partial charge in [0.1, 0.15) is 4.90 Å². The number of nitrogens with one attached hydrogen (secondary N) is 1. The highest BCUT2D eigenvalue weighted by atomic mass is 32.2. The van der Waals surface area contributed by atoms with Crippen LogP contribution in [0, 0.1) is 6.92 Å². The first-order chi connectivity index (χ1) is 14.9. The largest absolute Gasteiger partial charge is 0.466 e. The molecule has 0 radical (unpaired) electrons. The lowest BCUT2D eigenvalue weighted by Crippen LogP contribution is -2.11. The van der Waals surface area contributed by atoms with Gasteiger partial charge in [-0.15, -0.1) is 11.3 Å². The van der Waals surface area contributed by atoms with E-state index in [9.17, 15) is 13.2 Å². The van der Waals surface area contributed by atoms with Crippen molar-refractivity contribution in [3.63, 3.8) is 0 Å². The molecule has 3 aromatic rings. The number of carbonyl (C=O) groups excluding carboxylic acids is 1. The number of rotatable bonds is 9. The van der Waals surface area contributed by atoms with E-state index >= 15 is 0 Å². The number of aryl methyl sites for hydroxylation is 1. The number of thiazole rings is 1. The molecule has 0 fully saturated rings. The van der Waals surface area contributed by atoms with Crippen molar-refractivity contribution in [3.8, 4) is 5.75 Å². The number of ether oxygens (including phenoxy) is 1. The fourth-order valence-electron chi connectivity index (χ4n) is 2.49. The molecule has 0 aliphatic rings. The molecule has 8 nitrogen and oxygen atoms in total. The van der Waals surface area contributed by atoms with Gasteiger partial charge in [0, 0.05) is 10.9 Å². The van der Waals surface area contributed by atoms with Crippen molar-refractivity contribution in [2.45, 2.75) is 25.2 Å². The Labute approximate surface area is 184 Å². The molecule has 0 amide bonds. The smallest absolute Gasteiger partial charge is 0.339 e. The molecule has 0 saturated heterocycles. The molecule has 0 atom stereocenters. The zero-order valence-corrected chi connectivity index (χ0v) is 18.6. The molecule has 1 heterocycles. The molecule has 10 heteroatoms. The molecular formula is C21H21N3O5S2. The molecule has 0 bridgehead atoms. The van der Waals surface area contributed by atoms with Crippen molar-refractivity contribution >= 4 is 38.8 Å². The van der Waals surface area contributed by atoms with Gasteiger partial charge < -0.3 is 8.92 Å². The number of hydrogen-bond donors (Lipinski definition) is 1. The predicted molar refractivity (Wildman–Crippen MR) is 119 cm³/mol. The highest BCUT2D eigenvalue weighted by Crippen LogP contribution is 2.22. The van der Waals surface area contributed by atoms with Crippen LogP contribution in [-0.4, -0.2) is 32.2 Å². The molecule has 2 aromatic carbocycles. The third kappa shape index (κ3) is 6.37. The summed E-state index contributed by atoms with van der Waals surface area (Å²) in [6, 6.07) is 13.1. The summed E-state index contributed by atoms with van der Waals surface area (Å²) < 4.78 is 35.4. The minimum absolute atomic E-state index is 0.0693. The van der Waals surface area contributed by atoms with E-state index < -0.39 is 10.1 Å². The first-order valence-corrected chi connectivity index (χ1v) is 11.7. The van der Waals surface area contributed by atoms with Gasteiger partial charge in [-0.25, -0.2) is 4.98 Å². The summed E-state index contributed by atoms with van der Waals surface area (Å²) in [5.41, 5.74) is 4.76. The highest BCUT2D eigenvalue weighted by Gasteiger charge is 2.18. The van der Waals surface area contributed by atoms with Gasteiger partial charge in [0.05, 0.1) is 24.9 Å². The van der Waals surface area contributed by atoms with Crippen molar-refractivity contribution in [1.82, 2.24) is 4.98 Å². The topological polar surface area (TPSA) is 107 Å². The molecule has 162 valence electrons. The van der Waals surface area contributed by atoms with Crippen molar-refractivity contribution in [1.29, 1.82) is 0 Å². The van der Waals surface area contributed by atoms with E-state index in [2.05, 4.69) is 15.5 Å². The van der Waals surface area contributed by atoms with E-state index in [0.717, 1.165) is 5.56 Å². The third-order valence-corrected chi connectivity index (χ3v) is 6.02. The number of benzene rings is 2. The van der Waals surface area contributed by atoms with Crippen molar-refractivity contribution < 1.29 is 22.1 Å². The Bertz CT molecular complexity index is 1170. The van der Waals surface area contributed by atoms with Gasteiger partial charge in [-0.1, -0.05) is 29.8 Å². The van der Waals surface area contributed by atoms with Crippen LogP contribution < -0.4 is 9.61 Å². The first kappa shape index (κ1) is 22.4. The monoisotopic (exact) mass is 459 g/mol. The second kappa shape index (κ2) is 10.2. The minimum Gasteiger partial charge on any atom is -0.466 e. The Balaban J connectivity index is 1.68. The van der Waals surface area contributed by atoms with Crippen molar-refractivity contribution in [3.05, 3.63) is 70.7 Å². The first-order valence-electron chi connectivity index (χ1n) is 9.36. The molecule has 0 unspecified atom stereocenters. The molecule has 31 heavy (non-hydrogen) atoms. The maximum atomic E-state index is 12.6. The average molecular weight is 460 g/mol. The fraction of sp³-hybridized carbons (Fsp3) is 0.190. The van der Waals surface area contributed by atoms with Gasteiger partial charge in [0.2, 0.25) is 5.13 Å². The van der Waals surface area contributed by atoms with Crippen LogP contribution in [0.1, 0.15) is 23.7 Å². The molecule has 0 saturated carbocycles. The van der Waals surface area contributed by atoms with Gasteiger partial charge in [-0.2, -0.15) is 13.5 Å². The summed E-state index contributed by atoms with van der Waals surface area (Å²) >= 11 is 1.29. The molecular weight excluding hydrogens is 438 g/mol. The summed E-state index contributed by atoms with van der Waals surface area (Å²) in [6.07, 6.45) is 1.52. The van der Waals surface area contributed by atoms with E-state index in [4.69, 9.17) is 8.92 Å². The number of nitrogens with zero attached hydrogens (tertiary/aromatic N) is 2. The Morgan fingerprint density at radius 2 is 1.94 bits per heavy atom. The maximum absolute atomic E-state index is 12.6. The van der Waals surface area contributed by atoms with E-state index in [-0.39, 0.29) is 23.0 Å². The third-order valence-electron chi connectivity index (χ3n) is 3.97. The lowest BCUT2D eigenvalue weighted by atomic mass is 10.2. The molecule has 1 aromatic heterocycles. The van der Waals surface area contributed by atoms with Gasteiger partial charge in [-0.05, 0) is 38.1 Å². The Morgan fingerprint density at radius 1 is 1.19 bits per heavy atom. The zero-order valence-electron chi connectivity index (χ0n) is 16.9. The normalized spacial score (nSPS) is 11.4. The summed E-state index contributed by atoms with van der Waals surface area (Å²) in [6.45, 7) is 3.94. The van der Waals surface area contributed by atoms with Gasteiger partial charge in [-0.3, -0.25) is 10.2 Å². The van der Waals surface area contributed by atoms with E-state index in [1.165, 1.54) is 29.7 Å². The van der Waals surface area contributed by atoms with E-state index in [1.807, 2.05) is 6.92 Å². The van der Waals surface area contributed by atoms with Crippen LogP contribution in [0.25, 0.3) is 0 Å². The second-order valence-corrected chi connectivity index (χ2v) is 8.79. The van der Waals surface area contributed by atoms with Crippen LogP contribution in [0.4, 0.5) is 5.13 Å². The lowest BCUT2D eigenvalue weighted by molar-refractivity contribution is -0.142. The number of carbonyl (C=O) groups is 1. The minimum atomic E-state index is -3.98. The predicted octanol–water partition coefficient (Wildman–Crippen LogP) is 3.77. The standard InChI is InChI=1S/C21H21N3O5S2/c1-3-28-20(25)12-17-14-30-21(23-17)24-22-13-16-6-4-5-7-19(16)29-31(26,27)18-10-8-15(2)9-11-18/h4-11,13-14H,3,12H2,1-2H3,(H,23,24). The number of aromatic nitrogens is 1. The fourth-order valence-corrected chi connectivity index (χ4v) is 4.10. The van der Waals surface area contributed by atoms with Crippen molar-refractivity contribution in [2.24, 2.45) is 5.10 Å². The van der Waals surface area contributed by atoms with Crippen LogP contribution in [0.15, 0.2) is 63.9 Å². The van der Waals surface area contributed by atoms with Crippen LogP contribution in [-0.2, 0) is 26.1 Å². The second-order valence-electron chi connectivity index (χ2n) is 6.38. The molecule has 0 spiro atoms. The van der Waals surface area contributed by atoms with Gasteiger partial charge >= 0.3 is 16.1 Å². The Morgan fingerprint density at radius 3 is 2.68 bits per heavy atom. The quantitative estimate of drug-likeness (QED) is 0.225. The highest BCUT2D eigenvalue weighted by molar-refractivity contribution is 7.87. The summed E-state index contributed by atoms with van der Waals surface area (Å²) in [5.74, 6) is -0.195. The van der Waals surface area contributed by atoms with E-state index in [1.54, 1.807) is 48.7 Å².